The van der Waals surface area contributed by atoms with Gasteiger partial charge in [0.15, 0.2) is 12.4 Å². The zero-order chi connectivity index (χ0) is 16.2. The van der Waals surface area contributed by atoms with Gasteiger partial charge in [0.2, 0.25) is 0 Å². The van der Waals surface area contributed by atoms with E-state index in [-0.39, 0.29) is 12.4 Å². The lowest BCUT2D eigenvalue weighted by atomic mass is 10.1. The molecule has 0 saturated carbocycles. The van der Waals surface area contributed by atoms with Crippen LogP contribution in [0.1, 0.15) is 20.8 Å². The van der Waals surface area contributed by atoms with Gasteiger partial charge in [-0.05, 0) is 36.4 Å². The Morgan fingerprint density at radius 1 is 1.04 bits per heavy atom. The summed E-state index contributed by atoms with van der Waals surface area (Å²) >= 11 is 0. The number of hydrogen-bond donors (Lipinski definition) is 1. The molecule has 0 unspecified atom stereocenters. The monoisotopic (exact) mass is 309 g/mol. The minimum Gasteiger partial charge on any atom is -0.497 e. The molecule has 0 saturated heterocycles. The van der Waals surface area contributed by atoms with Gasteiger partial charge < -0.3 is 14.5 Å². The molecule has 1 N–H and O–H groups in total. The van der Waals surface area contributed by atoms with Gasteiger partial charge in [-0.25, -0.2) is 4.79 Å². The number of rotatable bonds is 5. The van der Waals surface area contributed by atoms with Crippen molar-refractivity contribution >= 4 is 22.7 Å². The number of carbonyl (C=O) groups excluding carboxylic acids is 2. The van der Waals surface area contributed by atoms with Gasteiger partial charge in [-0.2, -0.15) is 0 Å². The molecule has 3 rings (SSSR count). The second-order valence-corrected chi connectivity index (χ2v) is 5.00. The number of aromatic nitrogens is 1. The van der Waals surface area contributed by atoms with Crippen LogP contribution in [-0.2, 0) is 4.74 Å². The standard InChI is InChI=1S/C18H15NO4/c1-22-14-8-6-12(7-9-14)17(20)11-23-18(21)16-10-13-4-2-3-5-15(13)19-16/h2-10,19H,11H2,1H3. The number of methoxy groups -OCH3 is 1. The van der Waals surface area contributed by atoms with Crippen LogP contribution in [0.25, 0.3) is 10.9 Å². The third-order valence-electron chi connectivity index (χ3n) is 3.50. The molecule has 5 heteroatoms. The Bertz CT molecular complexity index is 816. The van der Waals surface area contributed by atoms with Crippen LogP contribution in [0.2, 0.25) is 0 Å². The smallest absolute Gasteiger partial charge is 0.355 e. The molecule has 0 aliphatic carbocycles. The number of hydrogen-bond acceptors (Lipinski definition) is 4. The van der Waals surface area contributed by atoms with Crippen molar-refractivity contribution in [3.8, 4) is 5.75 Å². The Morgan fingerprint density at radius 2 is 1.78 bits per heavy atom. The Balaban J connectivity index is 1.64. The van der Waals surface area contributed by atoms with Crippen LogP contribution in [0.3, 0.4) is 0 Å². The van der Waals surface area contributed by atoms with Gasteiger partial charge in [0.05, 0.1) is 7.11 Å². The van der Waals surface area contributed by atoms with Gasteiger partial charge in [-0.3, -0.25) is 4.79 Å². The van der Waals surface area contributed by atoms with E-state index in [4.69, 9.17) is 9.47 Å². The summed E-state index contributed by atoms with van der Waals surface area (Å²) < 4.78 is 10.1. The van der Waals surface area contributed by atoms with E-state index < -0.39 is 5.97 Å². The molecule has 1 heterocycles. The minimum atomic E-state index is -0.553. The Kier molecular flexibility index (Phi) is 4.10. The summed E-state index contributed by atoms with van der Waals surface area (Å²) in [6, 6.07) is 15.9. The van der Waals surface area contributed by atoms with E-state index in [1.54, 1.807) is 37.4 Å². The normalized spacial score (nSPS) is 10.5. The SMILES string of the molecule is COc1ccc(C(=O)COC(=O)c2cc3ccccc3[nH]2)cc1. The number of carbonyl (C=O) groups is 2. The maximum absolute atomic E-state index is 12.0. The molecule has 0 atom stereocenters. The molecule has 0 aliphatic rings. The van der Waals surface area contributed by atoms with E-state index in [1.165, 1.54) is 0 Å². The highest BCUT2D eigenvalue weighted by atomic mass is 16.5. The number of ether oxygens (including phenoxy) is 2. The van der Waals surface area contributed by atoms with Gasteiger partial charge >= 0.3 is 5.97 Å². The van der Waals surface area contributed by atoms with Crippen molar-refractivity contribution in [1.29, 1.82) is 0 Å². The van der Waals surface area contributed by atoms with Gasteiger partial charge in [0.25, 0.3) is 0 Å². The molecular formula is C18H15NO4. The molecule has 23 heavy (non-hydrogen) atoms. The number of esters is 1. The van der Waals surface area contributed by atoms with Crippen LogP contribution < -0.4 is 4.74 Å². The predicted octanol–water partition coefficient (Wildman–Crippen LogP) is 3.22. The number of Topliss-reactive ketones (excluding diaryl/α,β-unsaturated/α-hetero) is 1. The van der Waals surface area contributed by atoms with Crippen molar-refractivity contribution < 1.29 is 19.1 Å². The highest BCUT2D eigenvalue weighted by Crippen LogP contribution is 2.16. The summed E-state index contributed by atoms with van der Waals surface area (Å²) in [7, 11) is 1.55. The molecule has 0 radical (unpaired) electrons. The molecule has 0 spiro atoms. The van der Waals surface area contributed by atoms with Crippen LogP contribution in [0.5, 0.6) is 5.75 Å². The number of nitrogens with one attached hydrogen (secondary N) is 1. The number of H-pyrrole nitrogens is 1. The number of ketones is 1. The number of benzene rings is 2. The van der Waals surface area contributed by atoms with E-state index in [1.807, 2.05) is 24.3 Å². The summed E-state index contributed by atoms with van der Waals surface area (Å²) in [6.07, 6.45) is 0. The molecule has 0 bridgehead atoms. The van der Waals surface area contributed by atoms with E-state index >= 15 is 0 Å². The highest BCUT2D eigenvalue weighted by molar-refractivity contribution is 6.00. The van der Waals surface area contributed by atoms with Crippen molar-refractivity contribution in [1.82, 2.24) is 4.98 Å². The largest absolute Gasteiger partial charge is 0.497 e. The summed E-state index contributed by atoms with van der Waals surface area (Å²) in [5.74, 6) is -0.156. The van der Waals surface area contributed by atoms with Crippen molar-refractivity contribution in [2.45, 2.75) is 0 Å². The molecule has 2 aromatic carbocycles. The van der Waals surface area contributed by atoms with Gasteiger partial charge in [0, 0.05) is 16.5 Å². The quantitative estimate of drug-likeness (QED) is 0.580. The molecule has 5 nitrogen and oxygen atoms in total. The van der Waals surface area contributed by atoms with Crippen molar-refractivity contribution in [2.75, 3.05) is 13.7 Å². The summed E-state index contributed by atoms with van der Waals surface area (Å²) in [6.45, 7) is -0.305. The van der Waals surface area contributed by atoms with Crippen LogP contribution in [0.4, 0.5) is 0 Å². The molecule has 1 aromatic heterocycles. The van der Waals surface area contributed by atoms with Crippen molar-refractivity contribution in [3.05, 3.63) is 65.9 Å². The molecule has 0 fully saturated rings. The third-order valence-corrected chi connectivity index (χ3v) is 3.50. The van der Waals surface area contributed by atoms with E-state index in [2.05, 4.69) is 4.98 Å². The lowest BCUT2D eigenvalue weighted by Crippen LogP contribution is -2.14. The van der Waals surface area contributed by atoms with Crippen molar-refractivity contribution in [2.24, 2.45) is 0 Å². The fourth-order valence-corrected chi connectivity index (χ4v) is 2.25. The first kappa shape index (κ1) is 14.8. The molecular weight excluding hydrogens is 294 g/mol. The highest BCUT2D eigenvalue weighted by Gasteiger charge is 2.14. The molecule has 3 aromatic rings. The first-order valence-electron chi connectivity index (χ1n) is 7.09. The first-order valence-corrected chi connectivity index (χ1v) is 7.09. The molecule has 0 amide bonds. The summed E-state index contributed by atoms with van der Waals surface area (Å²) in [5, 5.41) is 0.918. The van der Waals surface area contributed by atoms with Crippen LogP contribution in [0, 0.1) is 0 Å². The maximum Gasteiger partial charge on any atom is 0.355 e. The Morgan fingerprint density at radius 3 is 2.48 bits per heavy atom. The van der Waals surface area contributed by atoms with Crippen LogP contribution in [0.15, 0.2) is 54.6 Å². The molecule has 116 valence electrons. The second kappa shape index (κ2) is 6.36. The second-order valence-electron chi connectivity index (χ2n) is 5.00. The van der Waals surface area contributed by atoms with Crippen LogP contribution >= 0.6 is 0 Å². The van der Waals surface area contributed by atoms with E-state index in [0.717, 1.165) is 10.9 Å². The lowest BCUT2D eigenvalue weighted by Gasteiger charge is -2.04. The fraction of sp³-hybridized carbons (Fsp3) is 0.111. The average Bonchev–Trinajstić information content (AvgIpc) is 3.03. The van der Waals surface area contributed by atoms with E-state index in [9.17, 15) is 9.59 Å². The fourth-order valence-electron chi connectivity index (χ4n) is 2.25. The zero-order valence-corrected chi connectivity index (χ0v) is 12.5. The van der Waals surface area contributed by atoms with Gasteiger partial charge in [0.1, 0.15) is 11.4 Å². The molecule has 0 aliphatic heterocycles. The summed E-state index contributed by atoms with van der Waals surface area (Å²) in [5.41, 5.74) is 1.64. The predicted molar refractivity (Wildman–Crippen MR) is 85.9 cm³/mol. The maximum atomic E-state index is 12.0. The summed E-state index contributed by atoms with van der Waals surface area (Å²) in [4.78, 5) is 27.0. The zero-order valence-electron chi connectivity index (χ0n) is 12.5. The van der Waals surface area contributed by atoms with Gasteiger partial charge in [-0.15, -0.1) is 0 Å². The van der Waals surface area contributed by atoms with Gasteiger partial charge in [-0.1, -0.05) is 18.2 Å². The van der Waals surface area contributed by atoms with E-state index in [0.29, 0.717) is 17.0 Å². The Labute approximate surface area is 132 Å². The Hall–Kier alpha value is -3.08. The number of fused-ring (bicyclic) bond motifs is 1. The third kappa shape index (κ3) is 3.23. The lowest BCUT2D eigenvalue weighted by molar-refractivity contribution is 0.0470. The minimum absolute atomic E-state index is 0.267. The number of aromatic amines is 1. The van der Waals surface area contributed by atoms with Crippen molar-refractivity contribution in [3.63, 3.8) is 0 Å². The average molecular weight is 309 g/mol. The topological polar surface area (TPSA) is 68.4 Å². The first-order chi connectivity index (χ1) is 11.2. The number of para-hydroxylation sites is 1. The van der Waals surface area contributed by atoms with Crippen LogP contribution in [-0.4, -0.2) is 30.5 Å².